The number of hydrazine groups is 1. The van der Waals surface area contributed by atoms with Crippen molar-refractivity contribution in [2.75, 3.05) is 13.2 Å². The number of hydrogen-bond acceptors (Lipinski definition) is 4. The maximum absolute atomic E-state index is 11.9. The van der Waals surface area contributed by atoms with Gasteiger partial charge in [-0.05, 0) is 50.2 Å². The molecule has 0 radical (unpaired) electrons. The molecule has 0 saturated carbocycles. The van der Waals surface area contributed by atoms with Gasteiger partial charge in [0.1, 0.15) is 11.5 Å². The van der Waals surface area contributed by atoms with Crippen molar-refractivity contribution in [3.8, 4) is 11.5 Å². The zero-order valence-corrected chi connectivity index (χ0v) is 13.7. The summed E-state index contributed by atoms with van der Waals surface area (Å²) < 4.78 is 10.7. The Morgan fingerprint density at radius 1 is 0.875 bits per heavy atom. The predicted molar refractivity (Wildman–Crippen MR) is 89.9 cm³/mol. The minimum atomic E-state index is -0.454. The summed E-state index contributed by atoms with van der Waals surface area (Å²) >= 11 is 0. The number of hydrogen-bond donors (Lipinski definition) is 2. The van der Waals surface area contributed by atoms with Crippen LogP contribution >= 0.6 is 0 Å². The van der Waals surface area contributed by atoms with Gasteiger partial charge in [0, 0.05) is 5.56 Å². The van der Waals surface area contributed by atoms with E-state index in [-0.39, 0.29) is 12.5 Å². The molecule has 0 unspecified atom stereocenters. The van der Waals surface area contributed by atoms with Gasteiger partial charge in [-0.1, -0.05) is 17.7 Å². The highest BCUT2D eigenvalue weighted by molar-refractivity contribution is 5.95. The second-order valence-corrected chi connectivity index (χ2v) is 5.06. The van der Waals surface area contributed by atoms with E-state index in [0.717, 1.165) is 11.3 Å². The fourth-order valence-electron chi connectivity index (χ4n) is 1.89. The standard InChI is InChI=1S/C18H20N2O4/c1-3-23-15-8-10-16(11-9-15)24-12-17(21)19-20-18(22)14-6-4-13(2)5-7-14/h4-11H,3,12H2,1-2H3,(H,19,21)(H,20,22). The molecule has 0 heterocycles. The zero-order chi connectivity index (χ0) is 17.4. The Morgan fingerprint density at radius 3 is 2.04 bits per heavy atom. The molecule has 2 rings (SSSR count). The minimum absolute atomic E-state index is 0.206. The molecule has 0 bridgehead atoms. The number of rotatable bonds is 6. The quantitative estimate of drug-likeness (QED) is 0.797. The van der Waals surface area contributed by atoms with E-state index < -0.39 is 5.91 Å². The van der Waals surface area contributed by atoms with Gasteiger partial charge in [-0.15, -0.1) is 0 Å². The molecule has 6 heteroatoms. The lowest BCUT2D eigenvalue weighted by molar-refractivity contribution is -0.123. The normalized spacial score (nSPS) is 9.92. The Bertz CT molecular complexity index is 681. The number of amides is 2. The molecule has 0 aliphatic rings. The lowest BCUT2D eigenvalue weighted by atomic mass is 10.1. The summed E-state index contributed by atoms with van der Waals surface area (Å²) in [4.78, 5) is 23.6. The first-order chi connectivity index (χ1) is 11.6. The van der Waals surface area contributed by atoms with Gasteiger partial charge in [0.15, 0.2) is 6.61 Å². The van der Waals surface area contributed by atoms with Crippen molar-refractivity contribution in [2.45, 2.75) is 13.8 Å². The summed E-state index contributed by atoms with van der Waals surface area (Å²) in [5, 5.41) is 0. The smallest absolute Gasteiger partial charge is 0.276 e. The number of benzene rings is 2. The number of ether oxygens (including phenoxy) is 2. The van der Waals surface area contributed by atoms with Crippen molar-refractivity contribution in [2.24, 2.45) is 0 Å². The molecule has 0 atom stereocenters. The van der Waals surface area contributed by atoms with E-state index in [9.17, 15) is 9.59 Å². The molecule has 0 aromatic heterocycles. The van der Waals surface area contributed by atoms with Gasteiger partial charge in [-0.3, -0.25) is 20.4 Å². The van der Waals surface area contributed by atoms with Gasteiger partial charge in [-0.2, -0.15) is 0 Å². The third-order valence-electron chi connectivity index (χ3n) is 3.13. The van der Waals surface area contributed by atoms with Gasteiger partial charge in [0.2, 0.25) is 0 Å². The summed E-state index contributed by atoms with van der Waals surface area (Å²) in [7, 11) is 0. The van der Waals surface area contributed by atoms with E-state index in [0.29, 0.717) is 17.9 Å². The molecule has 126 valence electrons. The first-order valence-corrected chi connectivity index (χ1v) is 7.60. The highest BCUT2D eigenvalue weighted by Crippen LogP contribution is 2.17. The summed E-state index contributed by atoms with van der Waals surface area (Å²) in [5.41, 5.74) is 6.17. The minimum Gasteiger partial charge on any atom is -0.494 e. The Kier molecular flexibility index (Phi) is 6.19. The first-order valence-electron chi connectivity index (χ1n) is 7.60. The lowest BCUT2D eigenvalue weighted by Gasteiger charge is -2.09. The molecule has 0 fully saturated rings. The number of nitrogens with one attached hydrogen (secondary N) is 2. The van der Waals surface area contributed by atoms with Crippen molar-refractivity contribution in [3.05, 3.63) is 59.7 Å². The molecular formula is C18H20N2O4. The molecule has 2 N–H and O–H groups in total. The molecule has 0 saturated heterocycles. The van der Waals surface area contributed by atoms with Gasteiger partial charge in [0.05, 0.1) is 6.61 Å². The number of carbonyl (C=O) groups is 2. The summed E-state index contributed by atoms with van der Waals surface area (Å²) in [6.07, 6.45) is 0. The first kappa shape index (κ1) is 17.3. The van der Waals surface area contributed by atoms with Crippen LogP contribution in [0.5, 0.6) is 11.5 Å². The van der Waals surface area contributed by atoms with Crippen molar-refractivity contribution in [3.63, 3.8) is 0 Å². The van der Waals surface area contributed by atoms with Gasteiger partial charge in [0.25, 0.3) is 11.8 Å². The molecule has 24 heavy (non-hydrogen) atoms. The van der Waals surface area contributed by atoms with Crippen molar-refractivity contribution in [1.82, 2.24) is 10.9 Å². The van der Waals surface area contributed by atoms with Crippen molar-refractivity contribution in [1.29, 1.82) is 0 Å². The molecule has 0 spiro atoms. The van der Waals surface area contributed by atoms with E-state index in [1.54, 1.807) is 36.4 Å². The average Bonchev–Trinajstić information content (AvgIpc) is 2.60. The van der Waals surface area contributed by atoms with Crippen LogP contribution in [-0.2, 0) is 4.79 Å². The molecule has 6 nitrogen and oxygen atoms in total. The van der Waals surface area contributed by atoms with E-state index in [1.807, 2.05) is 26.0 Å². The molecule has 2 amide bonds. The van der Waals surface area contributed by atoms with Gasteiger partial charge < -0.3 is 9.47 Å². The summed E-state index contributed by atoms with van der Waals surface area (Å²) in [5.74, 6) is 0.437. The van der Waals surface area contributed by atoms with E-state index in [4.69, 9.17) is 9.47 Å². The second kappa shape index (κ2) is 8.57. The van der Waals surface area contributed by atoms with Gasteiger partial charge >= 0.3 is 0 Å². The van der Waals surface area contributed by atoms with Crippen LogP contribution in [0.15, 0.2) is 48.5 Å². The zero-order valence-electron chi connectivity index (χ0n) is 13.7. The monoisotopic (exact) mass is 328 g/mol. The maximum atomic E-state index is 11.9. The van der Waals surface area contributed by atoms with Crippen LogP contribution in [-0.4, -0.2) is 25.0 Å². The van der Waals surface area contributed by atoms with Crippen LogP contribution in [0.1, 0.15) is 22.8 Å². The molecule has 2 aromatic carbocycles. The Balaban J connectivity index is 1.74. The Labute approximate surface area is 140 Å². The Hall–Kier alpha value is -3.02. The largest absolute Gasteiger partial charge is 0.494 e. The van der Waals surface area contributed by atoms with Crippen LogP contribution in [0.25, 0.3) is 0 Å². The van der Waals surface area contributed by atoms with Crippen LogP contribution in [0.2, 0.25) is 0 Å². The average molecular weight is 328 g/mol. The van der Waals surface area contributed by atoms with Crippen LogP contribution in [0.4, 0.5) is 0 Å². The van der Waals surface area contributed by atoms with Crippen LogP contribution < -0.4 is 20.3 Å². The summed E-state index contributed by atoms with van der Waals surface area (Å²) in [6.45, 7) is 4.22. The molecule has 0 aliphatic carbocycles. The van der Waals surface area contributed by atoms with Crippen LogP contribution in [0.3, 0.4) is 0 Å². The second-order valence-electron chi connectivity index (χ2n) is 5.06. The third kappa shape index (κ3) is 5.31. The number of aryl methyl sites for hydroxylation is 1. The number of carbonyl (C=O) groups excluding carboxylic acids is 2. The molecule has 0 aliphatic heterocycles. The predicted octanol–water partition coefficient (Wildman–Crippen LogP) is 2.23. The third-order valence-corrected chi connectivity index (χ3v) is 3.13. The molecular weight excluding hydrogens is 308 g/mol. The van der Waals surface area contributed by atoms with Crippen molar-refractivity contribution < 1.29 is 19.1 Å². The molecule has 2 aromatic rings. The lowest BCUT2D eigenvalue weighted by Crippen LogP contribution is -2.43. The van der Waals surface area contributed by atoms with E-state index in [1.165, 1.54) is 0 Å². The van der Waals surface area contributed by atoms with Crippen molar-refractivity contribution >= 4 is 11.8 Å². The topological polar surface area (TPSA) is 76.7 Å². The van der Waals surface area contributed by atoms with Crippen LogP contribution in [0, 0.1) is 6.92 Å². The SMILES string of the molecule is CCOc1ccc(OCC(=O)NNC(=O)c2ccc(C)cc2)cc1. The van der Waals surface area contributed by atoms with E-state index >= 15 is 0 Å². The highest BCUT2D eigenvalue weighted by atomic mass is 16.5. The fourth-order valence-corrected chi connectivity index (χ4v) is 1.89. The Morgan fingerprint density at radius 2 is 1.46 bits per heavy atom. The maximum Gasteiger partial charge on any atom is 0.276 e. The fraction of sp³-hybridized carbons (Fsp3) is 0.222. The highest BCUT2D eigenvalue weighted by Gasteiger charge is 2.07. The summed E-state index contributed by atoms with van der Waals surface area (Å²) in [6, 6.07) is 14.0. The van der Waals surface area contributed by atoms with Gasteiger partial charge in [-0.25, -0.2) is 0 Å². The van der Waals surface area contributed by atoms with E-state index in [2.05, 4.69) is 10.9 Å².